The first-order chi connectivity index (χ1) is 23.4. The molecule has 0 radical (unpaired) electrons. The number of carbonyl (C=O) groups is 8. The first-order valence-electron chi connectivity index (χ1n) is 15.5. The predicted molar refractivity (Wildman–Crippen MR) is 181 cm³/mol. The van der Waals surface area contributed by atoms with Gasteiger partial charge in [0.1, 0.15) is 17.1 Å². The van der Waals surface area contributed by atoms with E-state index >= 15 is 0 Å². The Labute approximate surface area is 580 Å². The summed E-state index contributed by atoms with van der Waals surface area (Å²) in [6, 6.07) is 0. The summed E-state index contributed by atoms with van der Waals surface area (Å²) in [5, 5.41) is 16.9. The third-order valence-corrected chi connectivity index (χ3v) is 7.36. The van der Waals surface area contributed by atoms with E-state index in [2.05, 4.69) is 50.0 Å². The molecule has 0 heterocycles. The van der Waals surface area contributed by atoms with E-state index in [0.29, 0.717) is 25.7 Å². The van der Waals surface area contributed by atoms with Gasteiger partial charge >= 0.3 is 299 Å². The quantitative estimate of drug-likeness (QED) is 0.0317. The van der Waals surface area contributed by atoms with Crippen LogP contribution in [0.5, 0.6) is 0 Å². The van der Waals surface area contributed by atoms with Crippen LogP contribution < -0.4 is 303 Å². The Morgan fingerprint density at radius 1 is 0.696 bits per heavy atom. The summed E-state index contributed by atoms with van der Waals surface area (Å²) in [6.45, 7) is 5.90. The van der Waals surface area contributed by atoms with Crippen LogP contribution in [0.2, 0.25) is 0 Å². The van der Waals surface area contributed by atoms with Crippen molar-refractivity contribution in [2.24, 2.45) is 23.2 Å². The number of esters is 4. The summed E-state index contributed by atoms with van der Waals surface area (Å²) in [6.07, 6.45) is 13.4. The SMILES string of the molecule is C.C.CC/C=C\CC.CC/C=C\CC1(C(=O)OC)C(=O)CCC1CC(=O)OC.COC(=O)CC1CCC(=O)C1C(=O)OC.O=CO[O-].O=CO[O-].[Br-].[Cs+].[Cs+].[Cs+].[Cs+].[H-]. The van der Waals surface area contributed by atoms with Crippen molar-refractivity contribution in [3.05, 3.63) is 24.3 Å². The van der Waals surface area contributed by atoms with E-state index in [1.54, 1.807) is 0 Å². The predicted octanol–water partition coefficient (Wildman–Crippen LogP) is -12.0. The molecular formula is C35H59BrCs4O16. The molecule has 306 valence electrons. The molecule has 0 aromatic rings. The van der Waals surface area contributed by atoms with E-state index < -0.39 is 35.2 Å². The fraction of sp³-hybridized carbons (Fsp3) is 0.657. The van der Waals surface area contributed by atoms with Gasteiger partial charge in [-0.05, 0) is 50.4 Å². The molecule has 2 aliphatic carbocycles. The van der Waals surface area contributed by atoms with Crippen LogP contribution >= 0.6 is 0 Å². The number of methoxy groups -OCH3 is 4. The van der Waals surface area contributed by atoms with Crippen molar-refractivity contribution in [2.45, 2.75) is 99.8 Å². The van der Waals surface area contributed by atoms with Gasteiger partial charge in [-0.3, -0.25) is 38.4 Å². The first-order valence-corrected chi connectivity index (χ1v) is 15.5. The molecule has 0 aromatic heterocycles. The van der Waals surface area contributed by atoms with Crippen molar-refractivity contribution in [2.75, 3.05) is 28.4 Å². The molecule has 0 spiro atoms. The third kappa shape index (κ3) is 37.6. The van der Waals surface area contributed by atoms with Crippen LogP contribution in [0, 0.1) is 23.2 Å². The minimum absolute atomic E-state index is 0. The Balaban J connectivity index is -0.0000000567. The molecule has 0 bridgehead atoms. The topological polar surface area (TPSA) is 238 Å². The Morgan fingerprint density at radius 3 is 1.46 bits per heavy atom. The van der Waals surface area contributed by atoms with E-state index in [0.717, 1.165) is 6.42 Å². The number of Topliss-reactive ketones (excluding diaryl/α,β-unsaturated/α-hetero) is 2. The second kappa shape index (κ2) is 57.3. The maximum Gasteiger partial charge on any atom is 1.00 e. The number of hydrogen-bond donors (Lipinski definition) is 0. The fourth-order valence-electron chi connectivity index (χ4n) is 5.04. The van der Waals surface area contributed by atoms with E-state index in [9.17, 15) is 28.8 Å². The van der Waals surface area contributed by atoms with Crippen molar-refractivity contribution in [1.82, 2.24) is 0 Å². The summed E-state index contributed by atoms with van der Waals surface area (Å²) in [5.41, 5.74) is -1.23. The van der Waals surface area contributed by atoms with E-state index in [1.807, 2.05) is 19.1 Å². The molecule has 0 aromatic carbocycles. The maximum absolute atomic E-state index is 12.3. The summed E-state index contributed by atoms with van der Waals surface area (Å²) in [5.74, 6) is -3.58. The smallest absolute Gasteiger partial charge is 1.00 e. The molecule has 2 rings (SSSR count). The summed E-state index contributed by atoms with van der Waals surface area (Å²) < 4.78 is 18.5. The Kier molecular flexibility index (Phi) is 85.7. The number of rotatable bonds is 13. The molecule has 0 saturated heterocycles. The Hall–Kier alpha value is 4.25. The molecule has 4 atom stereocenters. The van der Waals surface area contributed by atoms with E-state index in [1.165, 1.54) is 41.3 Å². The van der Waals surface area contributed by atoms with Crippen molar-refractivity contribution in [3.63, 3.8) is 0 Å². The number of ether oxygens (including phenoxy) is 4. The number of hydrogen-bond acceptors (Lipinski definition) is 16. The number of allylic oxidation sites excluding steroid dienone is 4. The van der Waals surface area contributed by atoms with Crippen molar-refractivity contribution in [3.8, 4) is 0 Å². The zero-order valence-electron chi connectivity index (χ0n) is 34.7. The Bertz CT molecular complexity index is 1090. The molecule has 2 saturated carbocycles. The zero-order chi connectivity index (χ0) is 38.3. The number of halogens is 1. The van der Waals surface area contributed by atoms with Gasteiger partial charge in [-0.2, -0.15) is 0 Å². The second-order valence-electron chi connectivity index (χ2n) is 10.2. The molecule has 0 N–H and O–H groups in total. The van der Waals surface area contributed by atoms with Crippen LogP contribution in [0.15, 0.2) is 24.3 Å². The van der Waals surface area contributed by atoms with Gasteiger partial charge < -0.3 is 57.6 Å². The number of ketones is 2. The monoisotopic (exact) mass is 1350 g/mol. The molecule has 16 nitrogen and oxygen atoms in total. The summed E-state index contributed by atoms with van der Waals surface area (Å²) >= 11 is 0. The molecule has 0 amide bonds. The maximum atomic E-state index is 12.3. The van der Waals surface area contributed by atoms with E-state index in [4.69, 9.17) is 24.8 Å². The van der Waals surface area contributed by atoms with Crippen molar-refractivity contribution in [1.29, 1.82) is 0 Å². The van der Waals surface area contributed by atoms with Crippen molar-refractivity contribution >= 4 is 48.4 Å². The van der Waals surface area contributed by atoms with Gasteiger partial charge in [0, 0.05) is 25.7 Å². The number of carbonyl (C=O) groups excluding carboxylic acids is 8. The van der Waals surface area contributed by atoms with E-state index in [-0.39, 0.29) is 364 Å². The molecule has 2 aliphatic rings. The summed E-state index contributed by atoms with van der Waals surface area (Å²) in [7, 11) is 5.10. The van der Waals surface area contributed by atoms with Crippen LogP contribution in [0.1, 0.15) is 101 Å². The fourth-order valence-corrected chi connectivity index (χ4v) is 5.04. The van der Waals surface area contributed by atoms with Gasteiger partial charge in [0.25, 0.3) is 12.9 Å². The van der Waals surface area contributed by atoms with Gasteiger partial charge in [0.05, 0.1) is 28.4 Å². The second-order valence-corrected chi connectivity index (χ2v) is 10.2. The normalized spacial score (nSPS) is 17.8. The van der Waals surface area contributed by atoms with Crippen LogP contribution in [0.25, 0.3) is 0 Å². The molecule has 2 fully saturated rings. The molecular weight excluding hydrogens is 1290 g/mol. The third-order valence-electron chi connectivity index (χ3n) is 7.36. The average molecular weight is 1350 g/mol. The minimum atomic E-state index is -1.23. The van der Waals surface area contributed by atoms with Crippen LogP contribution in [0.3, 0.4) is 0 Å². The average Bonchev–Trinajstić information content (AvgIpc) is 3.64. The zero-order valence-corrected chi connectivity index (χ0v) is 60.4. The first kappa shape index (κ1) is 83.8. The summed E-state index contributed by atoms with van der Waals surface area (Å²) in [4.78, 5) is 92.2. The van der Waals surface area contributed by atoms with Crippen LogP contribution in [-0.2, 0) is 67.1 Å². The molecule has 21 heteroatoms. The largest absolute Gasteiger partial charge is 1.00 e. The van der Waals surface area contributed by atoms with Gasteiger partial charge in [-0.25, -0.2) is 0 Å². The van der Waals surface area contributed by atoms with Crippen molar-refractivity contribution < 1.29 is 372 Å². The van der Waals surface area contributed by atoms with Gasteiger partial charge in [0.15, 0.2) is 5.78 Å². The Morgan fingerprint density at radius 2 is 1.11 bits per heavy atom. The van der Waals surface area contributed by atoms with Crippen LogP contribution in [0.4, 0.5) is 0 Å². The molecule has 56 heavy (non-hydrogen) atoms. The van der Waals surface area contributed by atoms with Crippen LogP contribution in [-0.4, -0.2) is 76.8 Å². The minimum Gasteiger partial charge on any atom is -1.00 e. The van der Waals surface area contributed by atoms with Gasteiger partial charge in [0.2, 0.25) is 0 Å². The van der Waals surface area contributed by atoms with Gasteiger partial charge in [-0.1, -0.05) is 59.9 Å². The molecule has 4 unspecified atom stereocenters. The van der Waals surface area contributed by atoms with Gasteiger partial charge in [-0.15, -0.1) is 0 Å². The molecule has 0 aliphatic heterocycles. The standard InChI is InChI=1S/C15H22O5.C10H14O5.C6H12.2CH2O3.2CH4.BrH.4Cs.H/c1-4-5-6-9-15(14(18)20-3)11(7-8-12(15)16)10-13(17)19-2;1-14-8(12)5-6-3-4-7(11)9(6)10(13)15-2;1-3-5-6-4-2;2*2-1-4-3;;;;;;;;/h5-6,11H,4,7-10H2,1-3H3;6,9H,3-5H2,1-2H3;5-6H,3-4H2,1-2H3;2*1,3H;2*1H4;1H;;;;;/q;;;;;;;;4*+1;-1/p-3/b6-5-;;6-5-;;;;;;;;;;.